The van der Waals surface area contributed by atoms with Gasteiger partial charge >= 0.3 is 0 Å². The van der Waals surface area contributed by atoms with Crippen LogP contribution >= 0.6 is 0 Å². The molecule has 0 bridgehead atoms. The van der Waals surface area contributed by atoms with Crippen molar-refractivity contribution in [3.8, 4) is 0 Å². The van der Waals surface area contributed by atoms with Crippen LogP contribution < -0.4 is 16.0 Å². The predicted molar refractivity (Wildman–Crippen MR) is 236 cm³/mol. The SMILES string of the molecule is C=C1C=C[C@@]2(C)C(=C1)[C@@H](F)C[C@H]1[C@@H]3C[C@H]4O[C@@H](c5ccc([C@@H](C)c6ccc(NC(=O)[C@H](C)NC(=O)[C@H](C)NC(=O)CCN7C(=O)C=CC7=O)cc6)cc5)O[C@@]4(C(=O)CO)[C@@]3(C)C[C@H](O)[C@@]12F. The van der Waals surface area contributed by atoms with Crippen LogP contribution in [-0.2, 0) is 38.2 Å². The minimum absolute atomic E-state index is 0.104. The number of ketones is 1. The Morgan fingerprint density at radius 3 is 2.15 bits per heavy atom. The highest BCUT2D eigenvalue weighted by atomic mass is 19.1. The van der Waals surface area contributed by atoms with Gasteiger partial charge < -0.3 is 35.6 Å². The first-order chi connectivity index (χ1) is 31.2. The molecule has 3 saturated carbocycles. The van der Waals surface area contributed by atoms with Crippen molar-refractivity contribution in [3.05, 3.63) is 113 Å². The molecule has 66 heavy (non-hydrogen) atoms. The number of halogens is 2. The number of imide groups is 1. The second-order valence-electron chi connectivity index (χ2n) is 19.1. The van der Waals surface area contributed by atoms with Gasteiger partial charge in [0, 0.05) is 59.0 Å². The van der Waals surface area contributed by atoms with Crippen LogP contribution in [0.2, 0.25) is 0 Å². The van der Waals surface area contributed by atoms with E-state index in [1.165, 1.54) is 13.8 Å². The fourth-order valence-electron chi connectivity index (χ4n) is 11.7. The Balaban J connectivity index is 0.882. The lowest BCUT2D eigenvalue weighted by Gasteiger charge is -2.63. The third-order valence-corrected chi connectivity index (χ3v) is 15.4. The molecule has 16 heteroatoms. The number of alkyl halides is 2. The number of allylic oxidation sites excluding steroid dienone is 5. The number of benzene rings is 2. The zero-order valence-electron chi connectivity index (χ0n) is 37.5. The third-order valence-electron chi connectivity index (χ3n) is 15.4. The zero-order valence-corrected chi connectivity index (χ0v) is 37.5. The van der Waals surface area contributed by atoms with Gasteiger partial charge in [-0.3, -0.25) is 33.7 Å². The molecule has 4 aliphatic carbocycles. The van der Waals surface area contributed by atoms with Crippen molar-refractivity contribution in [3.63, 3.8) is 0 Å². The minimum atomic E-state index is -2.24. The number of nitrogens with zero attached hydrogens (tertiary/aromatic N) is 1. The maximum Gasteiger partial charge on any atom is 0.253 e. The molecule has 2 heterocycles. The molecule has 2 aromatic rings. The number of aliphatic hydroxyl groups is 2. The number of hydrogen-bond donors (Lipinski definition) is 5. The molecule has 5 amide bonds. The molecule has 0 radical (unpaired) electrons. The summed E-state index contributed by atoms with van der Waals surface area (Å²) in [6.45, 7) is 11.3. The number of rotatable bonds is 13. The van der Waals surface area contributed by atoms with Crippen LogP contribution in [-0.4, -0.2) is 105 Å². The molecule has 4 fully saturated rings. The Morgan fingerprint density at radius 2 is 1.52 bits per heavy atom. The first-order valence-electron chi connectivity index (χ1n) is 22.4. The van der Waals surface area contributed by atoms with E-state index in [4.69, 9.17) is 9.47 Å². The largest absolute Gasteiger partial charge is 0.390 e. The van der Waals surface area contributed by atoms with E-state index < -0.39 is 113 Å². The molecule has 1 saturated heterocycles. The summed E-state index contributed by atoms with van der Waals surface area (Å²) in [7, 11) is 0. The summed E-state index contributed by atoms with van der Waals surface area (Å²) in [6, 6.07) is 12.7. The van der Waals surface area contributed by atoms with Gasteiger partial charge in [-0.05, 0) is 80.4 Å². The van der Waals surface area contributed by atoms with Crippen LogP contribution in [0.1, 0.15) is 89.2 Å². The van der Waals surface area contributed by atoms with Gasteiger partial charge in [0.15, 0.2) is 23.3 Å². The van der Waals surface area contributed by atoms with Crippen molar-refractivity contribution < 1.29 is 57.2 Å². The molecule has 0 aromatic heterocycles. The Labute approximate surface area is 381 Å². The normalized spacial score (nSPS) is 34.3. The van der Waals surface area contributed by atoms with Gasteiger partial charge in [-0.1, -0.05) is 75.1 Å². The van der Waals surface area contributed by atoms with Crippen LogP contribution in [0.4, 0.5) is 14.5 Å². The Bertz CT molecular complexity index is 2440. The number of nitrogens with one attached hydrogen (secondary N) is 3. The van der Waals surface area contributed by atoms with Gasteiger partial charge in [-0.25, -0.2) is 8.78 Å². The number of carbonyl (C=O) groups excluding carboxylic acids is 6. The van der Waals surface area contributed by atoms with Crippen LogP contribution in [0.15, 0.2) is 96.6 Å². The van der Waals surface area contributed by atoms with Gasteiger partial charge in [0.2, 0.25) is 17.7 Å². The van der Waals surface area contributed by atoms with Gasteiger partial charge in [-0.2, -0.15) is 0 Å². The minimum Gasteiger partial charge on any atom is -0.390 e. The third kappa shape index (κ3) is 7.46. The van der Waals surface area contributed by atoms with E-state index in [9.17, 15) is 39.0 Å². The van der Waals surface area contributed by atoms with Crippen LogP contribution in [0.5, 0.6) is 0 Å². The zero-order chi connectivity index (χ0) is 47.7. The molecule has 5 N–H and O–H groups in total. The first kappa shape index (κ1) is 46.8. The summed E-state index contributed by atoms with van der Waals surface area (Å²) in [5.41, 5.74) is -2.83. The van der Waals surface area contributed by atoms with E-state index in [-0.39, 0.29) is 43.7 Å². The van der Waals surface area contributed by atoms with Crippen molar-refractivity contribution in [1.82, 2.24) is 15.5 Å². The highest BCUT2D eigenvalue weighted by Gasteiger charge is 2.80. The number of ether oxygens (including phenoxy) is 2. The summed E-state index contributed by atoms with van der Waals surface area (Å²) >= 11 is 0. The quantitative estimate of drug-likeness (QED) is 0.175. The summed E-state index contributed by atoms with van der Waals surface area (Å²) in [5.74, 6) is -4.97. The monoisotopic (exact) mass is 910 g/mol. The van der Waals surface area contributed by atoms with Crippen molar-refractivity contribution in [1.29, 1.82) is 0 Å². The molecule has 0 unspecified atom stereocenters. The molecule has 2 aromatic carbocycles. The summed E-state index contributed by atoms with van der Waals surface area (Å²) in [5, 5.41) is 30.1. The van der Waals surface area contributed by atoms with Crippen molar-refractivity contribution in [2.75, 3.05) is 18.5 Å². The average Bonchev–Trinajstić information content (AvgIpc) is 3.92. The number of Topliss-reactive ketones (excluding diaryl/α,β-unsaturated/α-hetero) is 1. The van der Waals surface area contributed by atoms with E-state index in [1.54, 1.807) is 44.2 Å². The second kappa shape index (κ2) is 17.2. The first-order valence-corrected chi connectivity index (χ1v) is 22.4. The van der Waals surface area contributed by atoms with Gasteiger partial charge in [-0.15, -0.1) is 0 Å². The van der Waals surface area contributed by atoms with Gasteiger partial charge in [0.05, 0.1) is 12.2 Å². The molecule has 0 spiro atoms. The van der Waals surface area contributed by atoms with Crippen molar-refractivity contribution in [2.24, 2.45) is 22.7 Å². The molecule has 6 aliphatic rings. The number of fused-ring (bicyclic) bond motifs is 7. The number of anilines is 1. The Hall–Kier alpha value is -5.68. The topological polar surface area (TPSA) is 201 Å². The number of aliphatic hydroxyl groups excluding tert-OH is 2. The van der Waals surface area contributed by atoms with Gasteiger partial charge in [0.25, 0.3) is 11.8 Å². The lowest BCUT2D eigenvalue weighted by Crippen LogP contribution is -2.70. The molecular weight excluding hydrogens is 855 g/mol. The lowest BCUT2D eigenvalue weighted by atomic mass is 9.44. The summed E-state index contributed by atoms with van der Waals surface area (Å²) in [6.07, 6.45) is 1.74. The van der Waals surface area contributed by atoms with Crippen LogP contribution in [0, 0.1) is 22.7 Å². The average molecular weight is 911 g/mol. The molecular formula is C50H56F2N4O10. The highest BCUT2D eigenvalue weighted by Crippen LogP contribution is 2.72. The van der Waals surface area contributed by atoms with Crippen molar-refractivity contribution in [2.45, 2.75) is 114 Å². The summed E-state index contributed by atoms with van der Waals surface area (Å²) in [4.78, 5) is 76.4. The molecule has 8 rings (SSSR count). The highest BCUT2D eigenvalue weighted by molar-refractivity contribution is 6.13. The maximum absolute atomic E-state index is 17.8. The van der Waals surface area contributed by atoms with E-state index in [0.717, 1.165) is 28.2 Å². The fraction of sp³-hybridized carbons (Fsp3) is 0.480. The number of amides is 5. The lowest BCUT2D eigenvalue weighted by molar-refractivity contribution is -0.235. The van der Waals surface area contributed by atoms with E-state index in [0.29, 0.717) is 16.8 Å². The molecule has 2 aliphatic heterocycles. The molecule has 13 atom stereocenters. The molecule has 350 valence electrons. The van der Waals surface area contributed by atoms with E-state index >= 15 is 8.78 Å². The van der Waals surface area contributed by atoms with Gasteiger partial charge in [0.1, 0.15) is 24.9 Å². The number of hydrogen-bond acceptors (Lipinski definition) is 10. The Kier molecular flexibility index (Phi) is 12.2. The number of carbonyl (C=O) groups is 6. The fourth-order valence-corrected chi connectivity index (χ4v) is 11.7. The van der Waals surface area contributed by atoms with Crippen LogP contribution in [0.3, 0.4) is 0 Å². The summed E-state index contributed by atoms with van der Waals surface area (Å²) < 4.78 is 47.1. The van der Waals surface area contributed by atoms with Crippen molar-refractivity contribution >= 4 is 41.0 Å². The Morgan fingerprint density at radius 1 is 0.894 bits per heavy atom. The maximum atomic E-state index is 17.8. The van der Waals surface area contributed by atoms with E-state index in [1.807, 2.05) is 43.3 Å². The second-order valence-corrected chi connectivity index (χ2v) is 19.1. The van der Waals surface area contributed by atoms with Crippen LogP contribution in [0.25, 0.3) is 0 Å². The van der Waals surface area contributed by atoms with E-state index in [2.05, 4.69) is 22.5 Å². The smallest absolute Gasteiger partial charge is 0.253 e. The standard InChI is InChI=1S/C50H56F2N4O10/c1-26-17-19-47(5)36(21-26)37(51)22-35-34-23-40-50(39(59)25-57,48(34,6)24-38(58)49(35,47)52)66-46(65-40)32-9-7-30(8-10-32)27(2)31-11-13-33(14-12-31)55-45(64)29(4)54-44(63)28(3)53-41(60)18-20-56-42(61)15-16-43(56)62/h7-17,19,21,27-29,34-35,37-38,40,46,57-58H,1,18,20,22-25H2,2-6H3,(H,53,60)(H,54,63)(H,55,64)/t27-,28+,29+,34+,35+,37+,38+,40-,46-,47+,48+,49+,50-/m1/s1. The molecule has 14 nitrogen and oxygen atoms in total. The predicted octanol–water partition coefficient (Wildman–Crippen LogP) is 4.73.